The highest BCUT2D eigenvalue weighted by Gasteiger charge is 2.21. The van der Waals surface area contributed by atoms with Gasteiger partial charge in [0.15, 0.2) is 11.5 Å². The van der Waals surface area contributed by atoms with Gasteiger partial charge >= 0.3 is 0 Å². The first kappa shape index (κ1) is 19.0. The first-order valence-corrected chi connectivity index (χ1v) is 8.22. The molecule has 1 atom stereocenters. The van der Waals surface area contributed by atoms with Crippen molar-refractivity contribution in [1.29, 1.82) is 0 Å². The second-order valence-electron chi connectivity index (χ2n) is 5.73. The number of aliphatic hydroxyl groups is 1. The van der Waals surface area contributed by atoms with Crippen LogP contribution in [0, 0.1) is 11.6 Å². The Labute approximate surface area is 157 Å². The zero-order valence-electron chi connectivity index (χ0n) is 14.0. The minimum absolute atomic E-state index is 0.0479. The summed E-state index contributed by atoms with van der Waals surface area (Å²) >= 11 is 5.72. The minimum Gasteiger partial charge on any atom is -0.391 e. The molecule has 10 heteroatoms. The van der Waals surface area contributed by atoms with Crippen molar-refractivity contribution in [3.8, 4) is 0 Å². The molecule has 2 heterocycles. The third-order valence-corrected chi connectivity index (χ3v) is 3.78. The summed E-state index contributed by atoms with van der Waals surface area (Å²) in [5.74, 6) is -2.36. The highest BCUT2D eigenvalue weighted by atomic mass is 35.5. The van der Waals surface area contributed by atoms with Crippen LogP contribution in [0.3, 0.4) is 0 Å². The number of amides is 1. The predicted molar refractivity (Wildman–Crippen MR) is 94.9 cm³/mol. The summed E-state index contributed by atoms with van der Waals surface area (Å²) in [6.07, 6.45) is 3.33. The average molecular weight is 397 g/mol. The monoisotopic (exact) mass is 396 g/mol. The maximum atomic E-state index is 14.9. The highest BCUT2D eigenvalue weighted by Crippen LogP contribution is 2.29. The Bertz CT molecular complexity index is 994. The van der Waals surface area contributed by atoms with Crippen LogP contribution in [0.5, 0.6) is 0 Å². The molecule has 0 saturated carbocycles. The maximum absolute atomic E-state index is 14.9. The Morgan fingerprint density at radius 1 is 1.44 bits per heavy atom. The van der Waals surface area contributed by atoms with E-state index in [1.165, 1.54) is 42.0 Å². The fraction of sp³-hybridized carbons (Fsp3) is 0.176. The topological polar surface area (TPSA) is 87.9 Å². The number of aromatic nitrogens is 2. The Hall–Kier alpha value is -2.75. The van der Waals surface area contributed by atoms with Crippen molar-refractivity contribution in [3.63, 3.8) is 0 Å². The van der Waals surface area contributed by atoms with E-state index in [-0.39, 0.29) is 34.2 Å². The molecule has 0 unspecified atom stereocenters. The number of pyridine rings is 1. The molecule has 0 fully saturated rings. The van der Waals surface area contributed by atoms with Gasteiger partial charge in [-0.2, -0.15) is 0 Å². The van der Waals surface area contributed by atoms with E-state index >= 15 is 0 Å². The zero-order chi connectivity index (χ0) is 19.6. The van der Waals surface area contributed by atoms with Crippen LogP contribution in [0.1, 0.15) is 17.3 Å². The number of rotatable bonds is 6. The third kappa shape index (κ3) is 4.16. The predicted octanol–water partition coefficient (Wildman–Crippen LogP) is 3.05. The smallest absolute Gasteiger partial charge is 0.278 e. The molecule has 0 aliphatic carbocycles. The molecule has 1 aromatic carbocycles. The molecular formula is C17H15ClF2N4O3. The number of nitrogens with one attached hydrogen (secondary N) is 2. The average Bonchev–Trinajstić information content (AvgIpc) is 3.07. The number of benzene rings is 1. The van der Waals surface area contributed by atoms with Crippen LogP contribution in [0.4, 0.5) is 20.2 Å². The van der Waals surface area contributed by atoms with E-state index in [1.54, 1.807) is 0 Å². The SMILES string of the molecule is C[C@@H](O)CONC(=O)c1cn2ccnc2c(F)c1Nc1ccc(Cl)cc1F. The Morgan fingerprint density at radius 2 is 2.22 bits per heavy atom. The first-order chi connectivity index (χ1) is 12.9. The van der Waals surface area contributed by atoms with Crippen molar-refractivity contribution in [2.24, 2.45) is 0 Å². The molecular weight excluding hydrogens is 382 g/mol. The van der Waals surface area contributed by atoms with Gasteiger partial charge in [-0.25, -0.2) is 19.2 Å². The quantitative estimate of drug-likeness (QED) is 0.557. The molecule has 3 rings (SSSR count). The first-order valence-electron chi connectivity index (χ1n) is 7.84. The third-order valence-electron chi connectivity index (χ3n) is 3.55. The number of imidazole rings is 1. The molecule has 0 spiro atoms. The highest BCUT2D eigenvalue weighted by molar-refractivity contribution is 6.30. The molecule has 27 heavy (non-hydrogen) atoms. The van der Waals surface area contributed by atoms with Gasteiger partial charge in [0.2, 0.25) is 0 Å². The Morgan fingerprint density at radius 3 is 2.93 bits per heavy atom. The van der Waals surface area contributed by atoms with Gasteiger partial charge in [0.25, 0.3) is 5.91 Å². The van der Waals surface area contributed by atoms with Crippen molar-refractivity contribution in [1.82, 2.24) is 14.9 Å². The lowest BCUT2D eigenvalue weighted by atomic mass is 10.2. The van der Waals surface area contributed by atoms with Crippen LogP contribution in [0.2, 0.25) is 5.02 Å². The van der Waals surface area contributed by atoms with Crippen molar-refractivity contribution >= 4 is 34.5 Å². The number of carbonyl (C=O) groups excluding carboxylic acids is 1. The molecule has 142 valence electrons. The molecule has 2 aromatic heterocycles. The van der Waals surface area contributed by atoms with Crippen molar-refractivity contribution in [2.75, 3.05) is 11.9 Å². The van der Waals surface area contributed by atoms with Gasteiger partial charge in [0.05, 0.1) is 23.0 Å². The number of aliphatic hydroxyl groups excluding tert-OH is 1. The summed E-state index contributed by atoms with van der Waals surface area (Å²) in [4.78, 5) is 21.2. The van der Waals surface area contributed by atoms with Gasteiger partial charge in [-0.15, -0.1) is 0 Å². The molecule has 7 nitrogen and oxygen atoms in total. The molecule has 0 radical (unpaired) electrons. The van der Waals surface area contributed by atoms with Gasteiger partial charge in [0.1, 0.15) is 12.4 Å². The zero-order valence-corrected chi connectivity index (χ0v) is 14.8. The van der Waals surface area contributed by atoms with Gasteiger partial charge in [-0.3, -0.25) is 9.63 Å². The van der Waals surface area contributed by atoms with Crippen LogP contribution < -0.4 is 10.8 Å². The van der Waals surface area contributed by atoms with Crippen molar-refractivity contribution in [3.05, 3.63) is 59.0 Å². The second-order valence-corrected chi connectivity index (χ2v) is 6.17. The number of halogens is 3. The van der Waals surface area contributed by atoms with Gasteiger partial charge in [-0.1, -0.05) is 11.6 Å². The van der Waals surface area contributed by atoms with Crippen LogP contribution >= 0.6 is 11.6 Å². The number of carbonyl (C=O) groups is 1. The van der Waals surface area contributed by atoms with Crippen LogP contribution in [0.25, 0.3) is 5.65 Å². The van der Waals surface area contributed by atoms with Crippen LogP contribution in [0.15, 0.2) is 36.8 Å². The van der Waals surface area contributed by atoms with E-state index in [1.807, 2.05) is 0 Å². The molecule has 0 aliphatic rings. The summed E-state index contributed by atoms with van der Waals surface area (Å²) in [5, 5.41) is 11.9. The number of fused-ring (bicyclic) bond motifs is 1. The second kappa shape index (κ2) is 7.87. The largest absolute Gasteiger partial charge is 0.391 e. The fourth-order valence-corrected chi connectivity index (χ4v) is 2.48. The lowest BCUT2D eigenvalue weighted by Crippen LogP contribution is -2.28. The van der Waals surface area contributed by atoms with Crippen LogP contribution in [-0.4, -0.2) is 33.1 Å². The van der Waals surface area contributed by atoms with Crippen LogP contribution in [-0.2, 0) is 4.84 Å². The summed E-state index contributed by atoms with van der Waals surface area (Å²) in [6.45, 7) is 1.32. The number of hydrogen-bond donors (Lipinski definition) is 3. The van der Waals surface area contributed by atoms with Gasteiger partial charge in [0, 0.05) is 23.6 Å². The lowest BCUT2D eigenvalue weighted by Gasteiger charge is -2.15. The molecule has 0 bridgehead atoms. The molecule has 3 aromatic rings. The number of hydroxylamine groups is 1. The summed E-state index contributed by atoms with van der Waals surface area (Å²) in [7, 11) is 0. The van der Waals surface area contributed by atoms with E-state index in [4.69, 9.17) is 16.4 Å². The normalized spacial score (nSPS) is 12.2. The van der Waals surface area contributed by atoms with E-state index < -0.39 is 23.6 Å². The summed E-state index contributed by atoms with van der Waals surface area (Å²) < 4.78 is 30.3. The molecule has 0 aliphatic heterocycles. The van der Waals surface area contributed by atoms with Crippen molar-refractivity contribution in [2.45, 2.75) is 13.0 Å². The Balaban J connectivity index is 2.00. The maximum Gasteiger partial charge on any atom is 0.278 e. The number of hydrogen-bond acceptors (Lipinski definition) is 5. The van der Waals surface area contributed by atoms with E-state index in [0.29, 0.717) is 0 Å². The standard InChI is InChI=1S/C17H15ClF2N4O3/c1-9(25)8-27-23-17(26)11-7-24-5-4-21-16(24)14(20)15(11)22-13-3-2-10(18)6-12(13)19/h2-7,9,22,25H,8H2,1H3,(H,23,26)/t9-/m1/s1. The van der Waals surface area contributed by atoms with E-state index in [0.717, 1.165) is 6.07 Å². The minimum atomic E-state index is -0.850. The molecule has 3 N–H and O–H groups in total. The van der Waals surface area contributed by atoms with E-state index in [2.05, 4.69) is 15.8 Å². The molecule has 1 amide bonds. The van der Waals surface area contributed by atoms with Gasteiger partial charge in [-0.05, 0) is 25.1 Å². The van der Waals surface area contributed by atoms with E-state index in [9.17, 15) is 18.7 Å². The molecule has 0 saturated heterocycles. The Kier molecular flexibility index (Phi) is 5.54. The number of anilines is 2. The summed E-state index contributed by atoms with van der Waals surface area (Å²) in [5.41, 5.74) is 1.55. The summed E-state index contributed by atoms with van der Waals surface area (Å²) in [6, 6.07) is 3.80. The van der Waals surface area contributed by atoms with Gasteiger partial charge < -0.3 is 14.8 Å². The lowest BCUT2D eigenvalue weighted by molar-refractivity contribution is -0.00686. The number of nitrogens with zero attached hydrogens (tertiary/aromatic N) is 2. The van der Waals surface area contributed by atoms with Crippen molar-refractivity contribution < 1.29 is 23.5 Å². The fourth-order valence-electron chi connectivity index (χ4n) is 2.32.